The highest BCUT2D eigenvalue weighted by Gasteiger charge is 2.21. The largest absolute Gasteiger partial charge is 0.332 e. The van der Waals surface area contributed by atoms with Gasteiger partial charge in [0.05, 0.1) is 4.90 Å². The second kappa shape index (κ2) is 8.00. The number of nitrogens with zero attached hydrogens (tertiary/aromatic N) is 1. The Bertz CT molecular complexity index is 702. The summed E-state index contributed by atoms with van der Waals surface area (Å²) in [5, 5.41) is 2.71. The predicted molar refractivity (Wildman–Crippen MR) is 94.6 cm³/mol. The van der Waals surface area contributed by atoms with E-state index in [2.05, 4.69) is 10.0 Å². The van der Waals surface area contributed by atoms with Gasteiger partial charge in [-0.2, -0.15) is 0 Å². The third-order valence-corrected chi connectivity index (χ3v) is 5.86. The zero-order chi connectivity index (χ0) is 17.7. The Labute approximate surface area is 146 Å². The van der Waals surface area contributed by atoms with Crippen LogP contribution in [0.5, 0.6) is 0 Å². The second-order valence-corrected chi connectivity index (χ2v) is 8.46. The molecule has 0 aromatic heterocycles. The molecule has 1 heterocycles. The Morgan fingerprint density at radius 1 is 1.29 bits per heavy atom. The van der Waals surface area contributed by atoms with Gasteiger partial charge in [-0.3, -0.25) is 9.59 Å². The van der Waals surface area contributed by atoms with Crippen LogP contribution in [0, 0.1) is 0 Å². The Morgan fingerprint density at radius 3 is 2.50 bits per heavy atom. The van der Waals surface area contributed by atoms with E-state index in [1.54, 1.807) is 30.9 Å². The maximum Gasteiger partial charge on any atom is 0.281 e. The average Bonchev–Trinajstić information content (AvgIpc) is 2.90. The summed E-state index contributed by atoms with van der Waals surface area (Å²) in [6.07, 6.45) is 0.210. The fourth-order valence-corrected chi connectivity index (χ4v) is 4.29. The third-order valence-electron chi connectivity index (χ3n) is 3.29. The van der Waals surface area contributed by atoms with Crippen molar-refractivity contribution >= 4 is 38.6 Å². The van der Waals surface area contributed by atoms with Gasteiger partial charge in [0, 0.05) is 37.0 Å². The first kappa shape index (κ1) is 18.8. The van der Waals surface area contributed by atoms with Crippen LogP contribution in [0.2, 0.25) is 0 Å². The van der Waals surface area contributed by atoms with Crippen molar-refractivity contribution < 1.29 is 18.0 Å². The zero-order valence-corrected chi connectivity index (χ0v) is 15.2. The highest BCUT2D eigenvalue weighted by molar-refractivity contribution is 8.13. The molecule has 1 aromatic rings. The van der Waals surface area contributed by atoms with E-state index in [0.29, 0.717) is 18.8 Å². The first-order chi connectivity index (χ1) is 11.3. The molecule has 7 nitrogen and oxygen atoms in total. The van der Waals surface area contributed by atoms with E-state index in [4.69, 9.17) is 0 Å². The summed E-state index contributed by atoms with van der Waals surface area (Å²) in [6, 6.07) is 5.79. The van der Waals surface area contributed by atoms with Crippen LogP contribution in [-0.2, 0) is 14.8 Å². The highest BCUT2D eigenvalue weighted by Crippen LogP contribution is 2.18. The van der Waals surface area contributed by atoms with Gasteiger partial charge in [0.25, 0.3) is 5.24 Å². The number of carbonyl (C=O) groups excluding carboxylic acids is 2. The van der Waals surface area contributed by atoms with E-state index in [1.807, 2.05) is 0 Å². The Kier molecular flexibility index (Phi) is 6.25. The molecule has 2 N–H and O–H groups in total. The maximum absolute atomic E-state index is 12.0. The molecule has 2 rings (SSSR count). The van der Waals surface area contributed by atoms with Gasteiger partial charge in [-0.05, 0) is 38.1 Å². The first-order valence-corrected chi connectivity index (χ1v) is 10.1. The number of sulfonamides is 1. The number of benzene rings is 1. The van der Waals surface area contributed by atoms with Gasteiger partial charge in [0.2, 0.25) is 15.9 Å². The fourth-order valence-electron chi connectivity index (χ4n) is 2.18. The molecular weight excluding hydrogens is 350 g/mol. The summed E-state index contributed by atoms with van der Waals surface area (Å²) >= 11 is 1.26. The number of hydrogen-bond donors (Lipinski definition) is 2. The fraction of sp³-hybridized carbons (Fsp3) is 0.467. The molecule has 132 valence electrons. The van der Waals surface area contributed by atoms with Gasteiger partial charge < -0.3 is 10.2 Å². The smallest absolute Gasteiger partial charge is 0.281 e. The van der Waals surface area contributed by atoms with Crippen molar-refractivity contribution in [3.63, 3.8) is 0 Å². The van der Waals surface area contributed by atoms with E-state index < -0.39 is 10.0 Å². The molecule has 24 heavy (non-hydrogen) atoms. The molecule has 2 amide bonds. The summed E-state index contributed by atoms with van der Waals surface area (Å²) in [6.45, 7) is 4.56. The summed E-state index contributed by atoms with van der Waals surface area (Å²) < 4.78 is 26.5. The Morgan fingerprint density at radius 2 is 1.96 bits per heavy atom. The third kappa shape index (κ3) is 5.22. The van der Waals surface area contributed by atoms with Crippen molar-refractivity contribution in [1.82, 2.24) is 9.62 Å². The number of hydrogen-bond acceptors (Lipinski definition) is 5. The quantitative estimate of drug-likeness (QED) is 0.763. The lowest BCUT2D eigenvalue weighted by atomic mass is 10.3. The number of rotatable bonds is 7. The van der Waals surface area contributed by atoms with E-state index in [0.717, 1.165) is 5.75 Å². The molecule has 1 aliphatic rings. The number of amides is 2. The van der Waals surface area contributed by atoms with Gasteiger partial charge in [-0.15, -0.1) is 0 Å². The molecule has 0 atom stereocenters. The predicted octanol–water partition coefficient (Wildman–Crippen LogP) is 1.87. The summed E-state index contributed by atoms with van der Waals surface area (Å²) in [5.74, 6) is 0.552. The van der Waals surface area contributed by atoms with Crippen LogP contribution in [0.4, 0.5) is 10.5 Å². The van der Waals surface area contributed by atoms with Gasteiger partial charge in [0.15, 0.2) is 0 Å². The molecule has 0 aliphatic carbocycles. The van der Waals surface area contributed by atoms with Crippen molar-refractivity contribution in [3.8, 4) is 0 Å². The monoisotopic (exact) mass is 371 g/mol. The lowest BCUT2D eigenvalue weighted by Crippen LogP contribution is -2.30. The van der Waals surface area contributed by atoms with Crippen LogP contribution in [-0.4, -0.2) is 49.3 Å². The second-order valence-electron chi connectivity index (χ2n) is 5.70. The van der Waals surface area contributed by atoms with E-state index in [-0.39, 0.29) is 28.5 Å². The van der Waals surface area contributed by atoms with Crippen molar-refractivity contribution in [2.45, 2.75) is 31.2 Å². The number of nitrogens with one attached hydrogen (secondary N) is 2. The van der Waals surface area contributed by atoms with E-state index in [1.165, 1.54) is 23.9 Å². The van der Waals surface area contributed by atoms with Gasteiger partial charge in [-0.1, -0.05) is 11.8 Å². The van der Waals surface area contributed by atoms with Crippen molar-refractivity contribution in [2.75, 3.05) is 24.2 Å². The topological polar surface area (TPSA) is 95.6 Å². The molecule has 0 bridgehead atoms. The van der Waals surface area contributed by atoms with Crippen molar-refractivity contribution in [1.29, 1.82) is 0 Å². The number of anilines is 1. The van der Waals surface area contributed by atoms with Gasteiger partial charge in [0.1, 0.15) is 0 Å². The zero-order valence-electron chi connectivity index (χ0n) is 13.6. The molecule has 1 fully saturated rings. The SMILES string of the molecule is CC(C)NS(=O)(=O)c1ccc(NC(=O)CCN2CCSC2=O)cc1. The molecule has 1 aromatic carbocycles. The standard InChI is InChI=1S/C15H21N3O4S2/c1-11(2)17-24(21,22)13-5-3-12(4-6-13)16-14(19)7-8-18-9-10-23-15(18)20/h3-6,11,17H,7-10H2,1-2H3,(H,16,19). The van der Waals surface area contributed by atoms with E-state index >= 15 is 0 Å². The van der Waals surface area contributed by atoms with Crippen LogP contribution in [0.15, 0.2) is 29.2 Å². The van der Waals surface area contributed by atoms with Crippen LogP contribution < -0.4 is 10.0 Å². The normalized spacial score (nSPS) is 15.1. The molecular formula is C15H21N3O4S2. The molecule has 0 unspecified atom stereocenters. The van der Waals surface area contributed by atoms with E-state index in [9.17, 15) is 18.0 Å². The van der Waals surface area contributed by atoms with Crippen LogP contribution in [0.1, 0.15) is 20.3 Å². The summed E-state index contributed by atoms with van der Waals surface area (Å²) in [4.78, 5) is 25.2. The molecule has 0 spiro atoms. The molecule has 0 saturated carbocycles. The number of carbonyl (C=O) groups is 2. The molecule has 1 saturated heterocycles. The van der Waals surface area contributed by atoms with Crippen molar-refractivity contribution in [2.24, 2.45) is 0 Å². The first-order valence-electron chi connectivity index (χ1n) is 7.62. The maximum atomic E-state index is 12.0. The molecule has 0 radical (unpaired) electrons. The van der Waals surface area contributed by atoms with Gasteiger partial charge >= 0.3 is 0 Å². The number of thioether (sulfide) groups is 1. The average molecular weight is 371 g/mol. The summed E-state index contributed by atoms with van der Waals surface area (Å²) in [7, 11) is -3.54. The lowest BCUT2D eigenvalue weighted by molar-refractivity contribution is -0.116. The lowest BCUT2D eigenvalue weighted by Gasteiger charge is -2.14. The Hall–Kier alpha value is -1.58. The molecule has 9 heteroatoms. The Balaban J connectivity index is 1.89. The van der Waals surface area contributed by atoms with Crippen molar-refractivity contribution in [3.05, 3.63) is 24.3 Å². The highest BCUT2D eigenvalue weighted by atomic mass is 32.2. The minimum Gasteiger partial charge on any atom is -0.332 e. The molecule has 1 aliphatic heterocycles. The van der Waals surface area contributed by atoms with Crippen LogP contribution >= 0.6 is 11.8 Å². The van der Waals surface area contributed by atoms with Crippen LogP contribution in [0.3, 0.4) is 0 Å². The van der Waals surface area contributed by atoms with Gasteiger partial charge in [-0.25, -0.2) is 13.1 Å². The minimum atomic E-state index is -3.54. The minimum absolute atomic E-state index is 0.00927. The van der Waals surface area contributed by atoms with Crippen LogP contribution in [0.25, 0.3) is 0 Å². The summed E-state index contributed by atoms with van der Waals surface area (Å²) in [5.41, 5.74) is 0.519.